The highest BCUT2D eigenvalue weighted by molar-refractivity contribution is 14.0. The fourth-order valence-electron chi connectivity index (χ4n) is 2.45. The van der Waals surface area contributed by atoms with E-state index in [1.807, 2.05) is 18.4 Å². The van der Waals surface area contributed by atoms with Crippen LogP contribution in [0.25, 0.3) is 0 Å². The summed E-state index contributed by atoms with van der Waals surface area (Å²) in [5.74, 6) is 0.861. The molecule has 1 aromatic rings. The maximum absolute atomic E-state index is 5.43. The van der Waals surface area contributed by atoms with Crippen LogP contribution < -0.4 is 15.5 Å². The van der Waals surface area contributed by atoms with Crippen LogP contribution in [0.2, 0.25) is 0 Å². The SMILES string of the molecule is CN=C(NCC(C)(C)OC)NC1CCN(c2cccs2)CC1.I. The lowest BCUT2D eigenvalue weighted by Crippen LogP contribution is -2.51. The lowest BCUT2D eigenvalue weighted by atomic mass is 10.1. The molecule has 0 unspecified atom stereocenters. The number of aliphatic imine (C=N–C) groups is 1. The molecule has 0 atom stereocenters. The number of hydrogen-bond acceptors (Lipinski definition) is 4. The summed E-state index contributed by atoms with van der Waals surface area (Å²) in [5.41, 5.74) is -0.194. The van der Waals surface area contributed by atoms with Gasteiger partial charge in [-0.3, -0.25) is 4.99 Å². The zero-order chi connectivity index (χ0) is 16.0. The maximum Gasteiger partial charge on any atom is 0.191 e. The third kappa shape index (κ3) is 6.46. The highest BCUT2D eigenvalue weighted by atomic mass is 127. The first kappa shape index (κ1) is 20.5. The first-order valence-electron chi connectivity index (χ1n) is 7.85. The van der Waals surface area contributed by atoms with Crippen LogP contribution in [0, 0.1) is 0 Å². The number of piperidine rings is 1. The molecule has 2 rings (SSSR count). The molecule has 1 fully saturated rings. The Kier molecular flexibility index (Phi) is 8.63. The van der Waals surface area contributed by atoms with Gasteiger partial charge in [0.25, 0.3) is 0 Å². The fraction of sp³-hybridized carbons (Fsp3) is 0.688. The van der Waals surface area contributed by atoms with E-state index in [1.165, 1.54) is 5.00 Å². The number of nitrogens with one attached hydrogen (secondary N) is 2. The van der Waals surface area contributed by atoms with Crippen LogP contribution in [0.5, 0.6) is 0 Å². The molecule has 1 saturated heterocycles. The molecule has 132 valence electrons. The van der Waals surface area contributed by atoms with Gasteiger partial charge in [-0.05, 0) is 44.2 Å². The first-order valence-corrected chi connectivity index (χ1v) is 8.73. The van der Waals surface area contributed by atoms with Gasteiger partial charge in [0.15, 0.2) is 5.96 Å². The lowest BCUT2D eigenvalue weighted by molar-refractivity contribution is 0.0268. The molecule has 0 aromatic carbocycles. The van der Waals surface area contributed by atoms with Crippen LogP contribution in [0.15, 0.2) is 22.5 Å². The Balaban J connectivity index is 0.00000264. The summed E-state index contributed by atoms with van der Waals surface area (Å²) in [6.45, 7) is 7.05. The molecule has 0 radical (unpaired) electrons. The maximum atomic E-state index is 5.43. The minimum Gasteiger partial charge on any atom is -0.377 e. The summed E-state index contributed by atoms with van der Waals surface area (Å²) in [6.07, 6.45) is 2.26. The van der Waals surface area contributed by atoms with E-state index >= 15 is 0 Å². The molecule has 0 saturated carbocycles. The summed E-state index contributed by atoms with van der Waals surface area (Å²) in [7, 11) is 3.55. The Morgan fingerprint density at radius 1 is 1.43 bits per heavy atom. The van der Waals surface area contributed by atoms with E-state index in [4.69, 9.17) is 4.74 Å². The average molecular weight is 452 g/mol. The van der Waals surface area contributed by atoms with Gasteiger partial charge in [0.05, 0.1) is 10.6 Å². The van der Waals surface area contributed by atoms with Crippen LogP contribution in [0.1, 0.15) is 26.7 Å². The van der Waals surface area contributed by atoms with Crippen LogP contribution in [-0.2, 0) is 4.74 Å². The molecular formula is C16H29IN4OS. The number of guanidine groups is 1. The minimum atomic E-state index is -0.194. The van der Waals surface area contributed by atoms with E-state index in [0.29, 0.717) is 6.04 Å². The van der Waals surface area contributed by atoms with Crippen molar-refractivity contribution in [2.24, 2.45) is 4.99 Å². The fourth-order valence-corrected chi connectivity index (χ4v) is 3.24. The number of methoxy groups -OCH3 is 1. The summed E-state index contributed by atoms with van der Waals surface area (Å²) in [5, 5.41) is 10.4. The third-order valence-electron chi connectivity index (χ3n) is 4.11. The predicted molar refractivity (Wildman–Crippen MR) is 111 cm³/mol. The van der Waals surface area contributed by atoms with Crippen molar-refractivity contribution in [1.29, 1.82) is 0 Å². The van der Waals surface area contributed by atoms with Gasteiger partial charge in [-0.15, -0.1) is 35.3 Å². The van der Waals surface area contributed by atoms with E-state index < -0.39 is 0 Å². The second-order valence-corrected chi connectivity index (χ2v) is 7.17. The molecule has 5 nitrogen and oxygen atoms in total. The number of anilines is 1. The van der Waals surface area contributed by atoms with Gasteiger partial charge in [0.1, 0.15) is 0 Å². The summed E-state index contributed by atoms with van der Waals surface area (Å²) in [4.78, 5) is 6.78. The average Bonchev–Trinajstić information content (AvgIpc) is 3.06. The Bertz CT molecular complexity index is 470. The summed E-state index contributed by atoms with van der Waals surface area (Å²) >= 11 is 1.82. The van der Waals surface area contributed by atoms with Crippen molar-refractivity contribution in [3.8, 4) is 0 Å². The van der Waals surface area contributed by atoms with Crippen molar-refractivity contribution in [3.63, 3.8) is 0 Å². The molecule has 0 spiro atoms. The highest BCUT2D eigenvalue weighted by Gasteiger charge is 2.22. The van der Waals surface area contributed by atoms with E-state index in [2.05, 4.69) is 51.9 Å². The van der Waals surface area contributed by atoms with E-state index in [1.54, 1.807) is 7.11 Å². The van der Waals surface area contributed by atoms with E-state index in [-0.39, 0.29) is 29.6 Å². The Morgan fingerprint density at radius 2 is 2.13 bits per heavy atom. The molecule has 1 aliphatic heterocycles. The molecule has 2 heterocycles. The van der Waals surface area contributed by atoms with E-state index in [0.717, 1.165) is 38.4 Å². The second-order valence-electron chi connectivity index (χ2n) is 6.25. The van der Waals surface area contributed by atoms with Crippen molar-refractivity contribution in [2.75, 3.05) is 38.7 Å². The summed E-state index contributed by atoms with van der Waals surface area (Å²) < 4.78 is 5.43. The zero-order valence-corrected chi connectivity index (χ0v) is 17.6. The number of hydrogen-bond donors (Lipinski definition) is 2. The molecule has 1 aliphatic rings. The van der Waals surface area contributed by atoms with Crippen molar-refractivity contribution < 1.29 is 4.74 Å². The van der Waals surface area contributed by atoms with Crippen LogP contribution in [0.3, 0.4) is 0 Å². The van der Waals surface area contributed by atoms with E-state index in [9.17, 15) is 0 Å². The predicted octanol–water partition coefficient (Wildman–Crippen LogP) is 2.92. The molecule has 0 bridgehead atoms. The van der Waals surface area contributed by atoms with Crippen LogP contribution in [-0.4, -0.2) is 51.4 Å². The van der Waals surface area contributed by atoms with Gasteiger partial charge in [0.2, 0.25) is 0 Å². The molecular weight excluding hydrogens is 423 g/mol. The van der Waals surface area contributed by atoms with Crippen molar-refractivity contribution in [3.05, 3.63) is 17.5 Å². The summed E-state index contributed by atoms with van der Waals surface area (Å²) in [6, 6.07) is 4.80. The normalized spacial score (nSPS) is 16.9. The molecule has 2 N–H and O–H groups in total. The smallest absolute Gasteiger partial charge is 0.191 e. The number of rotatable bonds is 5. The van der Waals surface area contributed by atoms with Gasteiger partial charge in [-0.25, -0.2) is 0 Å². The Morgan fingerprint density at radius 3 is 2.65 bits per heavy atom. The first-order chi connectivity index (χ1) is 10.5. The standard InChI is InChI=1S/C16H28N4OS.HI/c1-16(2,21-4)12-18-15(17-3)19-13-7-9-20(10-8-13)14-6-5-11-22-14;/h5-6,11,13H,7-10,12H2,1-4H3,(H2,17,18,19);1H. The zero-order valence-electron chi connectivity index (χ0n) is 14.5. The number of ether oxygens (including phenoxy) is 1. The van der Waals surface area contributed by atoms with Crippen molar-refractivity contribution in [1.82, 2.24) is 10.6 Å². The largest absolute Gasteiger partial charge is 0.377 e. The van der Waals surface area contributed by atoms with Crippen LogP contribution >= 0.6 is 35.3 Å². The molecule has 1 aromatic heterocycles. The van der Waals surface area contributed by atoms with Crippen molar-refractivity contribution in [2.45, 2.75) is 38.3 Å². The van der Waals surface area contributed by atoms with Crippen molar-refractivity contribution >= 4 is 46.3 Å². The van der Waals surface area contributed by atoms with Gasteiger partial charge in [0, 0.05) is 39.8 Å². The molecule has 23 heavy (non-hydrogen) atoms. The molecule has 0 amide bonds. The van der Waals surface area contributed by atoms with Gasteiger partial charge in [-0.1, -0.05) is 0 Å². The van der Waals surface area contributed by atoms with Crippen LogP contribution in [0.4, 0.5) is 5.00 Å². The second kappa shape index (κ2) is 9.68. The Labute approximate surface area is 160 Å². The molecule has 7 heteroatoms. The molecule has 0 aliphatic carbocycles. The topological polar surface area (TPSA) is 48.9 Å². The van der Waals surface area contributed by atoms with Gasteiger partial charge >= 0.3 is 0 Å². The number of halogens is 1. The van der Waals surface area contributed by atoms with Gasteiger partial charge in [-0.2, -0.15) is 0 Å². The highest BCUT2D eigenvalue weighted by Crippen LogP contribution is 2.24. The quantitative estimate of drug-likeness (QED) is 0.410. The Hall–Kier alpha value is -0.540. The van der Waals surface area contributed by atoms with Gasteiger partial charge < -0.3 is 20.3 Å². The number of nitrogens with zero attached hydrogens (tertiary/aromatic N) is 2. The minimum absolute atomic E-state index is 0. The lowest BCUT2D eigenvalue weighted by Gasteiger charge is -2.34. The third-order valence-corrected chi connectivity index (χ3v) is 5.04. The number of thiophene rings is 1. The monoisotopic (exact) mass is 452 g/mol.